The van der Waals surface area contributed by atoms with E-state index in [1.807, 2.05) is 24.3 Å². The van der Waals surface area contributed by atoms with Crippen molar-refractivity contribution in [1.82, 2.24) is 5.32 Å². The highest BCUT2D eigenvalue weighted by Gasteiger charge is 2.29. The Balaban J connectivity index is 1.49. The quantitative estimate of drug-likeness (QED) is 0.883. The van der Waals surface area contributed by atoms with Gasteiger partial charge in [-0.05, 0) is 47.6 Å². The van der Waals surface area contributed by atoms with Crippen LogP contribution < -0.4 is 5.32 Å². The molecule has 3 rings (SSSR count). The number of halogens is 1. The largest absolute Gasteiger partial charge is 0.392 e. The average molecular weight is 285 g/mol. The summed E-state index contributed by atoms with van der Waals surface area (Å²) in [6, 6.07) is 15.4. The van der Waals surface area contributed by atoms with Crippen molar-refractivity contribution in [2.24, 2.45) is 0 Å². The summed E-state index contributed by atoms with van der Waals surface area (Å²) in [6.07, 6.45) is 2.12. The third-order valence-electron chi connectivity index (χ3n) is 4.23. The first kappa shape index (κ1) is 14.2. The molecule has 0 aliphatic heterocycles. The van der Waals surface area contributed by atoms with E-state index in [2.05, 4.69) is 11.4 Å². The summed E-state index contributed by atoms with van der Waals surface area (Å²) in [5.41, 5.74) is 3.24. The summed E-state index contributed by atoms with van der Waals surface area (Å²) in [7, 11) is 0. The van der Waals surface area contributed by atoms with Crippen LogP contribution in [0.3, 0.4) is 0 Å². The van der Waals surface area contributed by atoms with Crippen LogP contribution in [-0.4, -0.2) is 11.1 Å². The van der Waals surface area contributed by atoms with Gasteiger partial charge in [-0.1, -0.05) is 36.4 Å². The van der Waals surface area contributed by atoms with Gasteiger partial charge in [0.2, 0.25) is 0 Å². The summed E-state index contributed by atoms with van der Waals surface area (Å²) in [4.78, 5) is 0. The van der Waals surface area contributed by atoms with E-state index >= 15 is 0 Å². The van der Waals surface area contributed by atoms with Crippen molar-refractivity contribution < 1.29 is 9.50 Å². The van der Waals surface area contributed by atoms with Crippen LogP contribution in [-0.2, 0) is 13.2 Å². The summed E-state index contributed by atoms with van der Waals surface area (Å²) in [5, 5.41) is 12.7. The van der Waals surface area contributed by atoms with E-state index in [0.29, 0.717) is 12.0 Å². The number of rotatable bonds is 5. The molecule has 21 heavy (non-hydrogen) atoms. The fraction of sp³-hybridized carbons (Fsp3) is 0.333. The molecule has 110 valence electrons. The van der Waals surface area contributed by atoms with Gasteiger partial charge in [0, 0.05) is 12.6 Å². The lowest BCUT2D eigenvalue weighted by Gasteiger charge is -2.36. The van der Waals surface area contributed by atoms with E-state index in [4.69, 9.17) is 5.11 Å². The molecular weight excluding hydrogens is 265 g/mol. The zero-order chi connectivity index (χ0) is 14.7. The number of nitrogens with one attached hydrogen (secondary N) is 1. The summed E-state index contributed by atoms with van der Waals surface area (Å²) in [6.45, 7) is 0.896. The van der Waals surface area contributed by atoms with Crippen molar-refractivity contribution in [2.45, 2.75) is 38.0 Å². The van der Waals surface area contributed by atoms with Crippen molar-refractivity contribution >= 4 is 0 Å². The maximum Gasteiger partial charge on any atom is 0.123 e. The Morgan fingerprint density at radius 2 is 1.81 bits per heavy atom. The molecule has 1 saturated carbocycles. The van der Waals surface area contributed by atoms with Gasteiger partial charge in [0.25, 0.3) is 0 Å². The van der Waals surface area contributed by atoms with Crippen LogP contribution in [0.15, 0.2) is 48.5 Å². The van der Waals surface area contributed by atoms with Crippen LogP contribution in [0.1, 0.15) is 35.4 Å². The van der Waals surface area contributed by atoms with Crippen molar-refractivity contribution in [3.8, 4) is 0 Å². The van der Waals surface area contributed by atoms with Gasteiger partial charge in [-0.2, -0.15) is 0 Å². The van der Waals surface area contributed by atoms with Gasteiger partial charge in [0.1, 0.15) is 5.82 Å². The second kappa shape index (κ2) is 6.37. The monoisotopic (exact) mass is 285 g/mol. The molecule has 2 aromatic rings. The Kier molecular flexibility index (Phi) is 4.32. The third-order valence-corrected chi connectivity index (χ3v) is 4.23. The number of aliphatic hydroxyl groups excluding tert-OH is 1. The topological polar surface area (TPSA) is 32.3 Å². The molecule has 3 heteroatoms. The van der Waals surface area contributed by atoms with E-state index in [-0.39, 0.29) is 12.4 Å². The highest BCUT2D eigenvalue weighted by molar-refractivity contribution is 5.25. The predicted octanol–water partition coefficient (Wildman–Crippen LogP) is 3.35. The van der Waals surface area contributed by atoms with Crippen LogP contribution in [0, 0.1) is 5.82 Å². The fourth-order valence-electron chi connectivity index (χ4n) is 2.92. The molecule has 0 heterocycles. The summed E-state index contributed by atoms with van der Waals surface area (Å²) >= 11 is 0. The van der Waals surface area contributed by atoms with Crippen LogP contribution >= 0.6 is 0 Å². The maximum atomic E-state index is 13.2. The first-order valence-corrected chi connectivity index (χ1v) is 7.42. The van der Waals surface area contributed by atoms with E-state index in [0.717, 1.165) is 30.5 Å². The molecule has 0 spiro atoms. The van der Waals surface area contributed by atoms with Gasteiger partial charge >= 0.3 is 0 Å². The summed E-state index contributed by atoms with van der Waals surface area (Å²) in [5.74, 6) is 0.326. The molecule has 1 aliphatic carbocycles. The first-order valence-electron chi connectivity index (χ1n) is 7.42. The number of benzene rings is 2. The lowest BCUT2D eigenvalue weighted by atomic mass is 9.76. The zero-order valence-corrected chi connectivity index (χ0v) is 11.9. The van der Waals surface area contributed by atoms with Crippen molar-refractivity contribution in [2.75, 3.05) is 0 Å². The molecule has 2 nitrogen and oxygen atoms in total. The van der Waals surface area contributed by atoms with Gasteiger partial charge in [-0.25, -0.2) is 4.39 Å². The first-order chi connectivity index (χ1) is 10.2. The summed E-state index contributed by atoms with van der Waals surface area (Å²) < 4.78 is 13.2. The number of hydrogen-bond donors (Lipinski definition) is 2. The van der Waals surface area contributed by atoms with Gasteiger partial charge in [0.05, 0.1) is 6.61 Å². The molecule has 0 bridgehead atoms. The van der Waals surface area contributed by atoms with Gasteiger partial charge in [-0.3, -0.25) is 0 Å². The molecule has 1 fully saturated rings. The van der Waals surface area contributed by atoms with Crippen molar-refractivity contribution in [3.63, 3.8) is 0 Å². The Hall–Kier alpha value is -1.71. The van der Waals surface area contributed by atoms with Crippen LogP contribution in [0.25, 0.3) is 0 Å². The number of aliphatic hydroxyl groups is 1. The predicted molar refractivity (Wildman–Crippen MR) is 81.4 cm³/mol. The van der Waals surface area contributed by atoms with Crippen molar-refractivity contribution in [1.29, 1.82) is 0 Å². The van der Waals surface area contributed by atoms with Crippen LogP contribution in [0.2, 0.25) is 0 Å². The molecule has 2 N–H and O–H groups in total. The SMILES string of the molecule is OCc1cccc(CNC2CC(c3cccc(F)c3)C2)c1. The van der Waals surface area contributed by atoms with Crippen LogP contribution in [0.5, 0.6) is 0 Å². The van der Waals surface area contributed by atoms with E-state index in [1.165, 1.54) is 11.6 Å². The normalized spacial score (nSPS) is 21.0. The van der Waals surface area contributed by atoms with E-state index < -0.39 is 0 Å². The Morgan fingerprint density at radius 3 is 2.57 bits per heavy atom. The Labute approximate surface area is 124 Å². The minimum absolute atomic E-state index is 0.0823. The Bertz CT molecular complexity index is 608. The lowest BCUT2D eigenvalue weighted by molar-refractivity contribution is 0.281. The second-order valence-corrected chi connectivity index (χ2v) is 5.78. The third kappa shape index (κ3) is 3.49. The molecule has 0 aromatic heterocycles. The molecule has 0 amide bonds. The Morgan fingerprint density at radius 1 is 1.05 bits per heavy atom. The van der Waals surface area contributed by atoms with Gasteiger partial charge in [0.15, 0.2) is 0 Å². The van der Waals surface area contributed by atoms with Gasteiger partial charge < -0.3 is 10.4 Å². The standard InChI is InChI=1S/C18H20FNO/c19-17-6-2-5-15(8-17)16-9-18(10-16)20-11-13-3-1-4-14(7-13)12-21/h1-8,16,18,20-21H,9-12H2. The molecular formula is C18H20FNO. The minimum Gasteiger partial charge on any atom is -0.392 e. The van der Waals surface area contributed by atoms with Crippen molar-refractivity contribution in [3.05, 3.63) is 71.0 Å². The highest BCUT2D eigenvalue weighted by Crippen LogP contribution is 2.37. The molecule has 0 atom stereocenters. The average Bonchev–Trinajstić information content (AvgIpc) is 2.46. The highest BCUT2D eigenvalue weighted by atomic mass is 19.1. The van der Waals surface area contributed by atoms with Crippen LogP contribution in [0.4, 0.5) is 4.39 Å². The molecule has 1 aliphatic rings. The van der Waals surface area contributed by atoms with E-state index in [9.17, 15) is 4.39 Å². The fourth-order valence-corrected chi connectivity index (χ4v) is 2.92. The zero-order valence-electron chi connectivity index (χ0n) is 11.9. The van der Waals surface area contributed by atoms with E-state index in [1.54, 1.807) is 12.1 Å². The molecule has 0 unspecified atom stereocenters. The molecule has 0 saturated heterocycles. The minimum atomic E-state index is -0.148. The number of hydrogen-bond acceptors (Lipinski definition) is 2. The van der Waals surface area contributed by atoms with Gasteiger partial charge in [-0.15, -0.1) is 0 Å². The second-order valence-electron chi connectivity index (χ2n) is 5.78. The maximum absolute atomic E-state index is 13.2. The smallest absolute Gasteiger partial charge is 0.123 e. The molecule has 2 aromatic carbocycles. The lowest BCUT2D eigenvalue weighted by Crippen LogP contribution is -2.39. The molecule has 0 radical (unpaired) electrons.